The molecule has 1 aliphatic rings. The second-order valence-corrected chi connectivity index (χ2v) is 10.0. The van der Waals surface area contributed by atoms with Crippen molar-refractivity contribution in [2.45, 2.75) is 4.90 Å². The highest BCUT2D eigenvalue weighted by atomic mass is 32.2. The second-order valence-electron chi connectivity index (χ2n) is 7.26. The zero-order valence-corrected chi connectivity index (χ0v) is 19.6. The molecule has 2 aromatic carbocycles. The van der Waals surface area contributed by atoms with Gasteiger partial charge in [0.05, 0.1) is 29.7 Å². The second kappa shape index (κ2) is 9.33. The number of hydrogen-bond donors (Lipinski definition) is 0. The first kappa shape index (κ1) is 23.0. The first-order chi connectivity index (χ1) is 15.8. The molecular weight excluding hydrogens is 468 g/mol. The normalized spacial score (nSPS) is 14.8. The molecule has 1 saturated heterocycles. The molecule has 0 atom stereocenters. The van der Waals surface area contributed by atoms with Crippen LogP contribution in [0.1, 0.15) is 0 Å². The lowest BCUT2D eigenvalue weighted by Crippen LogP contribution is -2.48. The van der Waals surface area contributed by atoms with E-state index in [1.807, 2.05) is 22.4 Å². The summed E-state index contributed by atoms with van der Waals surface area (Å²) in [7, 11) is -0.640. The minimum Gasteiger partial charge on any atom is -0.497 e. The van der Waals surface area contributed by atoms with Crippen molar-refractivity contribution in [2.24, 2.45) is 0 Å². The maximum atomic E-state index is 13.0. The number of piperazine rings is 1. The Balaban J connectivity index is 1.47. The highest BCUT2D eigenvalue weighted by molar-refractivity contribution is 7.89. The first-order valence-corrected chi connectivity index (χ1v) is 12.3. The number of anilines is 1. The van der Waals surface area contributed by atoms with Crippen LogP contribution in [0.3, 0.4) is 0 Å². The molecule has 0 N–H and O–H groups in total. The number of nitro benzene ring substituents is 1. The van der Waals surface area contributed by atoms with Gasteiger partial charge in [0.1, 0.15) is 11.5 Å². The van der Waals surface area contributed by atoms with Gasteiger partial charge in [0, 0.05) is 55.3 Å². The molecule has 0 unspecified atom stereocenters. The van der Waals surface area contributed by atoms with Crippen molar-refractivity contribution in [2.75, 3.05) is 45.3 Å². The third-order valence-electron chi connectivity index (χ3n) is 5.31. The van der Waals surface area contributed by atoms with Crippen molar-refractivity contribution in [3.05, 3.63) is 58.0 Å². The summed E-state index contributed by atoms with van der Waals surface area (Å²) in [5.74, 6) is 1.33. The summed E-state index contributed by atoms with van der Waals surface area (Å²) in [4.78, 5) is 17.1. The monoisotopic (exact) mass is 490 g/mol. The minimum absolute atomic E-state index is 0.0753. The van der Waals surface area contributed by atoms with Crippen LogP contribution in [0.4, 0.5) is 10.8 Å². The molecule has 2 heterocycles. The molecule has 1 aromatic heterocycles. The van der Waals surface area contributed by atoms with Crippen LogP contribution in [0.5, 0.6) is 11.5 Å². The van der Waals surface area contributed by atoms with Gasteiger partial charge in [-0.3, -0.25) is 10.1 Å². The van der Waals surface area contributed by atoms with Crippen LogP contribution in [0.15, 0.2) is 52.7 Å². The molecule has 1 fully saturated rings. The molecule has 174 valence electrons. The van der Waals surface area contributed by atoms with Gasteiger partial charge in [-0.1, -0.05) is 6.07 Å². The number of methoxy groups -OCH3 is 2. The van der Waals surface area contributed by atoms with E-state index in [9.17, 15) is 18.5 Å². The van der Waals surface area contributed by atoms with E-state index in [-0.39, 0.29) is 23.7 Å². The molecular formula is C21H22N4O6S2. The topological polar surface area (TPSA) is 115 Å². The summed E-state index contributed by atoms with van der Waals surface area (Å²) in [6.07, 6.45) is 0. The molecule has 0 spiro atoms. The summed E-state index contributed by atoms with van der Waals surface area (Å²) < 4.78 is 37.9. The Bertz CT molecular complexity index is 1250. The molecule has 3 aromatic rings. The van der Waals surface area contributed by atoms with Crippen molar-refractivity contribution in [1.82, 2.24) is 9.29 Å². The molecule has 0 aliphatic carbocycles. The summed E-state index contributed by atoms with van der Waals surface area (Å²) in [5.41, 5.74) is 1.39. The fourth-order valence-corrected chi connectivity index (χ4v) is 5.87. The van der Waals surface area contributed by atoms with E-state index in [1.165, 1.54) is 33.8 Å². The lowest BCUT2D eigenvalue weighted by atomic mass is 10.1. The highest BCUT2D eigenvalue weighted by Crippen LogP contribution is 2.33. The average molecular weight is 491 g/mol. The van der Waals surface area contributed by atoms with Crippen LogP contribution < -0.4 is 14.4 Å². The van der Waals surface area contributed by atoms with Gasteiger partial charge in [0.15, 0.2) is 5.13 Å². The number of ether oxygens (including phenoxy) is 2. The van der Waals surface area contributed by atoms with E-state index in [0.717, 1.165) is 22.5 Å². The molecule has 12 heteroatoms. The lowest BCUT2D eigenvalue weighted by molar-refractivity contribution is -0.385. The van der Waals surface area contributed by atoms with Crippen LogP contribution in [-0.4, -0.2) is 63.0 Å². The van der Waals surface area contributed by atoms with Crippen LogP contribution in [0.2, 0.25) is 0 Å². The van der Waals surface area contributed by atoms with Gasteiger partial charge >= 0.3 is 0 Å². The SMILES string of the molecule is COc1cc(OC)cc(-c2csc(N3CCN(S(=O)(=O)c4cccc([N+](=O)[O-])c4)CC3)n2)c1. The summed E-state index contributed by atoms with van der Waals surface area (Å²) in [5, 5.41) is 13.7. The smallest absolute Gasteiger partial charge is 0.270 e. The maximum Gasteiger partial charge on any atom is 0.270 e. The van der Waals surface area contributed by atoms with E-state index in [2.05, 4.69) is 0 Å². The van der Waals surface area contributed by atoms with Gasteiger partial charge in [0.2, 0.25) is 10.0 Å². The average Bonchev–Trinajstić information content (AvgIpc) is 3.34. The highest BCUT2D eigenvalue weighted by Gasteiger charge is 2.30. The van der Waals surface area contributed by atoms with Crippen LogP contribution >= 0.6 is 11.3 Å². The molecule has 4 rings (SSSR count). The van der Waals surface area contributed by atoms with Gasteiger partial charge in [0.25, 0.3) is 5.69 Å². The van der Waals surface area contributed by atoms with Crippen molar-refractivity contribution < 1.29 is 22.8 Å². The lowest BCUT2D eigenvalue weighted by Gasteiger charge is -2.33. The van der Waals surface area contributed by atoms with Crippen molar-refractivity contribution >= 4 is 32.2 Å². The summed E-state index contributed by atoms with van der Waals surface area (Å²) in [6.45, 7) is 1.44. The predicted octanol–water partition coefficient (Wildman–Crippen LogP) is 3.25. The van der Waals surface area contributed by atoms with E-state index in [1.54, 1.807) is 20.3 Å². The Morgan fingerprint density at radius 3 is 2.30 bits per heavy atom. The quantitative estimate of drug-likeness (QED) is 0.366. The fourth-order valence-electron chi connectivity index (χ4n) is 3.52. The Morgan fingerprint density at radius 1 is 1.03 bits per heavy atom. The van der Waals surface area contributed by atoms with Crippen molar-refractivity contribution in [3.8, 4) is 22.8 Å². The van der Waals surface area contributed by atoms with Crippen LogP contribution in [0.25, 0.3) is 11.3 Å². The Kier molecular flexibility index (Phi) is 6.49. The number of thiazole rings is 1. The number of benzene rings is 2. The van der Waals surface area contributed by atoms with Crippen LogP contribution in [0, 0.1) is 10.1 Å². The standard InChI is InChI=1S/C21H22N4O6S2/c1-30-17-10-15(11-18(13-17)31-2)20-14-32-21(22-20)23-6-8-24(9-7-23)33(28,29)19-5-3-4-16(12-19)25(26)27/h3-5,10-14H,6-9H2,1-2H3. The molecule has 0 saturated carbocycles. The number of aromatic nitrogens is 1. The molecule has 10 nitrogen and oxygen atoms in total. The number of hydrogen-bond acceptors (Lipinski definition) is 9. The van der Waals surface area contributed by atoms with Crippen molar-refractivity contribution in [1.29, 1.82) is 0 Å². The first-order valence-electron chi connectivity index (χ1n) is 10.0. The predicted molar refractivity (Wildman–Crippen MR) is 125 cm³/mol. The van der Waals surface area contributed by atoms with E-state index < -0.39 is 14.9 Å². The largest absolute Gasteiger partial charge is 0.497 e. The molecule has 0 radical (unpaired) electrons. The molecule has 33 heavy (non-hydrogen) atoms. The Morgan fingerprint density at radius 2 is 1.70 bits per heavy atom. The zero-order valence-electron chi connectivity index (χ0n) is 18.0. The van der Waals surface area contributed by atoms with Gasteiger partial charge in [-0.05, 0) is 18.2 Å². The van der Waals surface area contributed by atoms with Crippen LogP contribution in [-0.2, 0) is 10.0 Å². The number of nitro groups is 1. The Labute approximate surface area is 195 Å². The molecule has 0 amide bonds. The van der Waals surface area contributed by atoms with E-state index in [4.69, 9.17) is 14.5 Å². The maximum absolute atomic E-state index is 13.0. The third-order valence-corrected chi connectivity index (χ3v) is 8.11. The number of non-ortho nitro benzene ring substituents is 1. The molecule has 0 bridgehead atoms. The number of sulfonamides is 1. The third kappa shape index (κ3) is 4.77. The molecule has 1 aliphatic heterocycles. The summed E-state index contributed by atoms with van der Waals surface area (Å²) in [6, 6.07) is 10.7. The fraction of sp³-hybridized carbons (Fsp3) is 0.286. The van der Waals surface area contributed by atoms with Crippen molar-refractivity contribution in [3.63, 3.8) is 0 Å². The van der Waals surface area contributed by atoms with Gasteiger partial charge in [-0.25, -0.2) is 13.4 Å². The summed E-state index contributed by atoms with van der Waals surface area (Å²) >= 11 is 1.48. The minimum atomic E-state index is -3.82. The van der Waals surface area contributed by atoms with Gasteiger partial charge in [-0.2, -0.15) is 4.31 Å². The number of rotatable bonds is 7. The van der Waals surface area contributed by atoms with Gasteiger partial charge in [-0.15, -0.1) is 11.3 Å². The zero-order chi connectivity index (χ0) is 23.6. The number of nitrogens with zero attached hydrogens (tertiary/aromatic N) is 4. The van der Waals surface area contributed by atoms with Gasteiger partial charge < -0.3 is 14.4 Å². The van der Waals surface area contributed by atoms with E-state index >= 15 is 0 Å². The Hall–Kier alpha value is -3.22. The van der Waals surface area contributed by atoms with E-state index in [0.29, 0.717) is 24.6 Å².